The lowest BCUT2D eigenvalue weighted by molar-refractivity contribution is -0.129. The van der Waals surface area contributed by atoms with Crippen molar-refractivity contribution >= 4 is 11.9 Å². The van der Waals surface area contributed by atoms with Crippen molar-refractivity contribution in [2.75, 3.05) is 7.05 Å². The van der Waals surface area contributed by atoms with Crippen molar-refractivity contribution in [2.45, 2.75) is 12.0 Å². The van der Waals surface area contributed by atoms with Gasteiger partial charge in [-0.1, -0.05) is 24.3 Å². The lowest BCUT2D eigenvalue weighted by Crippen LogP contribution is -2.41. The molecule has 142 valence electrons. The van der Waals surface area contributed by atoms with E-state index in [4.69, 9.17) is 10.2 Å². The molecule has 8 heteroatoms. The van der Waals surface area contributed by atoms with Crippen molar-refractivity contribution in [1.82, 2.24) is 9.88 Å². The van der Waals surface area contributed by atoms with E-state index >= 15 is 0 Å². The molecular formula is C20H16F2N4O2. The van der Waals surface area contributed by atoms with Crippen LogP contribution in [0, 0.1) is 0 Å². The van der Waals surface area contributed by atoms with Gasteiger partial charge >= 0.3 is 0 Å². The maximum atomic E-state index is 13.2. The SMILES string of the molecule is CN1C(=O)C(c2ccc(C(F)F)nc2)(c2cccc(-c3ccoc3)c2)N=C1N. The molecule has 1 aromatic carbocycles. The van der Waals surface area contributed by atoms with E-state index in [-0.39, 0.29) is 17.6 Å². The van der Waals surface area contributed by atoms with Crippen LogP contribution in [0.4, 0.5) is 8.78 Å². The Labute approximate surface area is 159 Å². The highest BCUT2D eigenvalue weighted by Gasteiger charge is 2.49. The average molecular weight is 382 g/mol. The smallest absolute Gasteiger partial charge is 0.280 e. The van der Waals surface area contributed by atoms with E-state index < -0.39 is 12.0 Å². The zero-order valence-electron chi connectivity index (χ0n) is 14.8. The van der Waals surface area contributed by atoms with Crippen LogP contribution < -0.4 is 5.73 Å². The molecule has 0 radical (unpaired) electrons. The van der Waals surface area contributed by atoms with Gasteiger partial charge in [0, 0.05) is 24.4 Å². The van der Waals surface area contributed by atoms with Crippen molar-refractivity contribution in [3.05, 3.63) is 78.0 Å². The monoisotopic (exact) mass is 382 g/mol. The van der Waals surface area contributed by atoms with Crippen LogP contribution in [0.3, 0.4) is 0 Å². The topological polar surface area (TPSA) is 84.7 Å². The number of alkyl halides is 2. The van der Waals surface area contributed by atoms with Gasteiger partial charge in [-0.15, -0.1) is 0 Å². The number of aliphatic imine (C=N–C) groups is 1. The number of benzene rings is 1. The predicted molar refractivity (Wildman–Crippen MR) is 98.5 cm³/mol. The molecule has 1 aliphatic heterocycles. The number of carbonyl (C=O) groups is 1. The highest BCUT2D eigenvalue weighted by molar-refractivity contribution is 6.09. The summed E-state index contributed by atoms with van der Waals surface area (Å²) < 4.78 is 31.0. The lowest BCUT2D eigenvalue weighted by Gasteiger charge is -2.26. The summed E-state index contributed by atoms with van der Waals surface area (Å²) in [6, 6.07) is 11.6. The molecule has 0 saturated heterocycles. The third kappa shape index (κ3) is 2.65. The normalized spacial score (nSPS) is 19.4. The second-order valence-electron chi connectivity index (χ2n) is 6.41. The summed E-state index contributed by atoms with van der Waals surface area (Å²) in [6.07, 6.45) is 1.69. The Balaban J connectivity index is 1.91. The summed E-state index contributed by atoms with van der Waals surface area (Å²) in [5, 5.41) is 0. The second kappa shape index (κ2) is 6.56. The Morgan fingerprint density at radius 3 is 2.54 bits per heavy atom. The number of likely N-dealkylation sites (N-methyl/N-ethyl adjacent to an activating group) is 1. The standard InChI is InChI=1S/C20H16F2N4O2/c1-26-18(27)20(25-19(26)23,15-5-6-16(17(21)22)24-10-15)14-4-2-3-12(9-14)13-7-8-28-11-13/h2-11,17H,1H3,(H2,23,25). The van der Waals surface area contributed by atoms with Gasteiger partial charge in [-0.05, 0) is 29.3 Å². The van der Waals surface area contributed by atoms with Crippen LogP contribution in [0.2, 0.25) is 0 Å². The minimum Gasteiger partial charge on any atom is -0.472 e. The van der Waals surface area contributed by atoms with Crippen LogP contribution in [0.15, 0.2) is 70.6 Å². The molecular weight excluding hydrogens is 366 g/mol. The molecule has 1 atom stereocenters. The van der Waals surface area contributed by atoms with E-state index in [1.807, 2.05) is 6.07 Å². The molecule has 2 N–H and O–H groups in total. The molecule has 0 bridgehead atoms. The van der Waals surface area contributed by atoms with E-state index in [0.717, 1.165) is 11.1 Å². The maximum absolute atomic E-state index is 13.2. The van der Waals surface area contributed by atoms with Gasteiger partial charge in [-0.2, -0.15) is 0 Å². The lowest BCUT2D eigenvalue weighted by atomic mass is 9.82. The first-order valence-electron chi connectivity index (χ1n) is 8.44. The van der Waals surface area contributed by atoms with Crippen molar-refractivity contribution in [2.24, 2.45) is 10.7 Å². The Bertz CT molecular complexity index is 1050. The van der Waals surface area contributed by atoms with Crippen LogP contribution in [-0.2, 0) is 10.3 Å². The number of guanidine groups is 1. The fraction of sp³-hybridized carbons (Fsp3) is 0.150. The number of hydrogen-bond acceptors (Lipinski definition) is 5. The Hall–Kier alpha value is -3.55. The predicted octanol–water partition coefficient (Wildman–Crippen LogP) is 3.31. The van der Waals surface area contributed by atoms with Gasteiger partial charge in [0.05, 0.1) is 12.5 Å². The number of amides is 1. The van der Waals surface area contributed by atoms with Gasteiger partial charge in [0.1, 0.15) is 5.69 Å². The highest BCUT2D eigenvalue weighted by Crippen LogP contribution is 2.40. The number of pyridine rings is 1. The summed E-state index contributed by atoms with van der Waals surface area (Å²) >= 11 is 0. The van der Waals surface area contributed by atoms with Crippen molar-refractivity contribution in [3.63, 3.8) is 0 Å². The molecule has 6 nitrogen and oxygen atoms in total. The van der Waals surface area contributed by atoms with Gasteiger partial charge in [0.25, 0.3) is 12.3 Å². The molecule has 3 heterocycles. The molecule has 0 fully saturated rings. The molecule has 0 aliphatic carbocycles. The number of carbonyl (C=O) groups excluding carboxylic acids is 1. The zero-order valence-corrected chi connectivity index (χ0v) is 14.8. The van der Waals surface area contributed by atoms with Gasteiger partial charge < -0.3 is 10.2 Å². The number of rotatable bonds is 4. The number of halogens is 2. The summed E-state index contributed by atoms with van der Waals surface area (Å²) in [7, 11) is 1.52. The number of hydrogen-bond donors (Lipinski definition) is 1. The van der Waals surface area contributed by atoms with Crippen LogP contribution in [-0.4, -0.2) is 28.8 Å². The largest absolute Gasteiger partial charge is 0.472 e. The molecule has 0 spiro atoms. The minimum atomic E-state index is -2.70. The Morgan fingerprint density at radius 2 is 1.96 bits per heavy atom. The van der Waals surface area contributed by atoms with Crippen molar-refractivity contribution in [1.29, 1.82) is 0 Å². The van der Waals surface area contributed by atoms with Gasteiger partial charge in [0.2, 0.25) is 0 Å². The third-order valence-corrected chi connectivity index (χ3v) is 4.80. The van der Waals surface area contributed by atoms with Crippen LogP contribution >= 0.6 is 0 Å². The number of furan rings is 1. The van der Waals surface area contributed by atoms with Crippen LogP contribution in [0.1, 0.15) is 23.2 Å². The van der Waals surface area contributed by atoms with Crippen LogP contribution in [0.25, 0.3) is 11.1 Å². The summed E-state index contributed by atoms with van der Waals surface area (Å²) in [5.41, 5.74) is 6.62. The molecule has 1 unspecified atom stereocenters. The minimum absolute atomic E-state index is 0.0386. The molecule has 3 aromatic rings. The second-order valence-corrected chi connectivity index (χ2v) is 6.41. The fourth-order valence-corrected chi connectivity index (χ4v) is 3.29. The van der Waals surface area contributed by atoms with E-state index in [1.54, 1.807) is 36.8 Å². The number of nitrogens with zero attached hydrogens (tertiary/aromatic N) is 3. The highest BCUT2D eigenvalue weighted by atomic mass is 19.3. The quantitative estimate of drug-likeness (QED) is 0.750. The van der Waals surface area contributed by atoms with E-state index in [2.05, 4.69) is 9.98 Å². The van der Waals surface area contributed by atoms with Crippen molar-refractivity contribution < 1.29 is 18.0 Å². The fourth-order valence-electron chi connectivity index (χ4n) is 3.29. The van der Waals surface area contributed by atoms with E-state index in [0.29, 0.717) is 11.1 Å². The van der Waals surface area contributed by atoms with Gasteiger partial charge in [0.15, 0.2) is 11.5 Å². The first-order chi connectivity index (χ1) is 13.4. The Morgan fingerprint density at radius 1 is 1.14 bits per heavy atom. The first kappa shape index (κ1) is 17.8. The van der Waals surface area contributed by atoms with E-state index in [9.17, 15) is 13.6 Å². The van der Waals surface area contributed by atoms with Gasteiger partial charge in [-0.3, -0.25) is 14.7 Å². The molecule has 2 aromatic heterocycles. The third-order valence-electron chi connectivity index (χ3n) is 4.80. The van der Waals surface area contributed by atoms with Gasteiger partial charge in [-0.25, -0.2) is 13.8 Å². The maximum Gasteiger partial charge on any atom is 0.280 e. The number of nitrogens with two attached hydrogens (primary N) is 1. The zero-order chi connectivity index (χ0) is 19.9. The summed E-state index contributed by atoms with van der Waals surface area (Å²) in [5.74, 6) is -0.349. The molecule has 4 rings (SSSR count). The molecule has 1 aliphatic rings. The Kier molecular flexibility index (Phi) is 4.18. The van der Waals surface area contributed by atoms with E-state index in [1.165, 1.54) is 30.3 Å². The molecule has 28 heavy (non-hydrogen) atoms. The first-order valence-corrected chi connectivity index (χ1v) is 8.44. The number of aromatic nitrogens is 1. The van der Waals surface area contributed by atoms with Crippen LogP contribution in [0.5, 0.6) is 0 Å². The average Bonchev–Trinajstić information content (AvgIpc) is 3.32. The molecule has 0 saturated carbocycles. The summed E-state index contributed by atoms with van der Waals surface area (Å²) in [4.78, 5) is 22.7. The summed E-state index contributed by atoms with van der Waals surface area (Å²) in [6.45, 7) is 0. The molecule has 1 amide bonds. The van der Waals surface area contributed by atoms with Crippen molar-refractivity contribution in [3.8, 4) is 11.1 Å².